The molecule has 2 heterocycles. The van der Waals surface area contributed by atoms with Crippen LogP contribution in [0.5, 0.6) is 0 Å². The Hall–Kier alpha value is -1.89. The fraction of sp³-hybridized carbons (Fsp3) is 0.643. The van der Waals surface area contributed by atoms with Crippen molar-refractivity contribution in [3.05, 3.63) is 46.0 Å². The average molecular weight is 502 g/mol. The molecule has 0 unspecified atom stereocenters. The van der Waals surface area contributed by atoms with E-state index in [1.807, 2.05) is 32.0 Å². The predicted molar refractivity (Wildman–Crippen MR) is 139 cm³/mol. The number of aliphatic carboxylic acids is 1. The number of rotatable bonds is 8. The first-order valence-corrected chi connectivity index (χ1v) is 13.5. The number of piperidine rings is 1. The fourth-order valence-electron chi connectivity index (χ4n) is 6.17. The number of allylic oxidation sites excluding steroid dienone is 1. The van der Waals surface area contributed by atoms with E-state index in [2.05, 4.69) is 21.2 Å². The molecule has 1 amide bonds. The van der Waals surface area contributed by atoms with Gasteiger partial charge in [0.2, 0.25) is 5.91 Å². The van der Waals surface area contributed by atoms with Gasteiger partial charge in [-0.1, -0.05) is 42.3 Å². The van der Waals surface area contributed by atoms with Gasteiger partial charge >= 0.3 is 5.97 Å². The number of hydrogen-bond donors (Lipinski definition) is 2. The summed E-state index contributed by atoms with van der Waals surface area (Å²) >= 11 is 6.46. The molecule has 0 radical (unpaired) electrons. The number of benzene rings is 1. The number of carbonyl (C=O) groups is 2. The molecule has 7 heteroatoms. The maximum atomic E-state index is 13.7. The summed E-state index contributed by atoms with van der Waals surface area (Å²) in [5.74, 6) is -1.07. The summed E-state index contributed by atoms with van der Waals surface area (Å²) in [6, 6.07) is 5.97. The molecule has 0 spiro atoms. The van der Waals surface area contributed by atoms with Crippen molar-refractivity contribution in [3.8, 4) is 0 Å². The maximum Gasteiger partial charge on any atom is 0.304 e. The zero-order valence-electron chi connectivity index (χ0n) is 21.2. The summed E-state index contributed by atoms with van der Waals surface area (Å²) in [6.45, 7) is 8.79. The van der Waals surface area contributed by atoms with Gasteiger partial charge in [-0.2, -0.15) is 0 Å². The smallest absolute Gasteiger partial charge is 0.304 e. The lowest BCUT2D eigenvalue weighted by Gasteiger charge is -2.36. The summed E-state index contributed by atoms with van der Waals surface area (Å²) in [4.78, 5) is 30.2. The molecule has 192 valence electrons. The van der Waals surface area contributed by atoms with Crippen LogP contribution in [-0.4, -0.2) is 65.5 Å². The van der Waals surface area contributed by atoms with E-state index >= 15 is 0 Å². The highest BCUT2D eigenvalue weighted by atomic mass is 35.5. The molecule has 6 nitrogen and oxygen atoms in total. The number of aryl methyl sites for hydroxylation is 1. The minimum absolute atomic E-state index is 0.0558. The lowest BCUT2D eigenvalue weighted by molar-refractivity contribution is -0.147. The second-order valence-corrected chi connectivity index (χ2v) is 11.4. The maximum absolute atomic E-state index is 13.7. The Bertz CT molecular complexity index is 937. The predicted octanol–water partition coefficient (Wildman–Crippen LogP) is 4.64. The minimum Gasteiger partial charge on any atom is -0.481 e. The quantitative estimate of drug-likeness (QED) is 0.507. The van der Waals surface area contributed by atoms with Gasteiger partial charge in [0.15, 0.2) is 0 Å². The molecular formula is C28H40ClN3O3. The molecule has 4 rings (SSSR count). The summed E-state index contributed by atoms with van der Waals surface area (Å²) in [5, 5.41) is 13.7. The van der Waals surface area contributed by atoms with Gasteiger partial charge in [-0.15, -0.1) is 0 Å². The van der Waals surface area contributed by atoms with Crippen molar-refractivity contribution in [1.82, 2.24) is 15.1 Å². The number of carboxylic acids is 1. The van der Waals surface area contributed by atoms with Crippen LogP contribution in [0.2, 0.25) is 5.02 Å². The fourth-order valence-corrected chi connectivity index (χ4v) is 6.45. The summed E-state index contributed by atoms with van der Waals surface area (Å²) in [6.07, 6.45) is 9.13. The van der Waals surface area contributed by atoms with E-state index in [9.17, 15) is 14.7 Å². The molecule has 2 saturated heterocycles. The SMILES string of the molecule is Cc1cccc(Cl)c1CN1C[C@@H](C)[C@@](CC(=O)O)(C(=O)NC2CCN(CC3=CCCCC3)CC2)C1. The number of halogens is 1. The molecule has 0 aromatic heterocycles. The van der Waals surface area contributed by atoms with Gasteiger partial charge in [0, 0.05) is 50.3 Å². The van der Waals surface area contributed by atoms with Crippen molar-refractivity contribution < 1.29 is 14.7 Å². The van der Waals surface area contributed by atoms with Crippen LogP contribution in [0.25, 0.3) is 0 Å². The second kappa shape index (κ2) is 11.4. The number of nitrogens with one attached hydrogen (secondary N) is 1. The third kappa shape index (κ3) is 6.28. The van der Waals surface area contributed by atoms with E-state index in [0.717, 1.165) is 43.6 Å². The van der Waals surface area contributed by atoms with Crippen LogP contribution in [0.15, 0.2) is 29.8 Å². The molecule has 1 aliphatic carbocycles. The highest BCUT2D eigenvalue weighted by Crippen LogP contribution is 2.41. The van der Waals surface area contributed by atoms with E-state index in [4.69, 9.17) is 11.6 Å². The molecule has 0 bridgehead atoms. The normalized spacial score (nSPS) is 26.5. The van der Waals surface area contributed by atoms with Crippen LogP contribution in [0, 0.1) is 18.3 Å². The minimum atomic E-state index is -0.926. The largest absolute Gasteiger partial charge is 0.481 e. The van der Waals surface area contributed by atoms with Crippen molar-refractivity contribution in [1.29, 1.82) is 0 Å². The molecule has 3 aliphatic rings. The Labute approximate surface area is 214 Å². The monoisotopic (exact) mass is 501 g/mol. The van der Waals surface area contributed by atoms with Crippen LogP contribution in [0.4, 0.5) is 0 Å². The molecule has 2 aliphatic heterocycles. The van der Waals surface area contributed by atoms with Crippen LogP contribution in [0.1, 0.15) is 63.0 Å². The number of likely N-dealkylation sites (tertiary alicyclic amines) is 2. The van der Waals surface area contributed by atoms with Gasteiger partial charge in [-0.25, -0.2) is 0 Å². The number of nitrogens with zero attached hydrogens (tertiary/aromatic N) is 2. The van der Waals surface area contributed by atoms with Crippen molar-refractivity contribution in [2.45, 2.75) is 71.4 Å². The first-order valence-electron chi connectivity index (χ1n) is 13.2. The number of hydrogen-bond acceptors (Lipinski definition) is 4. The summed E-state index contributed by atoms with van der Waals surface area (Å²) in [7, 11) is 0. The lowest BCUT2D eigenvalue weighted by Crippen LogP contribution is -2.53. The Morgan fingerprint density at radius 2 is 1.94 bits per heavy atom. The van der Waals surface area contributed by atoms with E-state index in [0.29, 0.717) is 24.7 Å². The van der Waals surface area contributed by atoms with Crippen LogP contribution < -0.4 is 5.32 Å². The van der Waals surface area contributed by atoms with Crippen molar-refractivity contribution >= 4 is 23.5 Å². The third-order valence-electron chi connectivity index (χ3n) is 8.37. The van der Waals surface area contributed by atoms with E-state index in [-0.39, 0.29) is 24.3 Å². The number of carbonyl (C=O) groups excluding carboxylic acids is 1. The van der Waals surface area contributed by atoms with Gasteiger partial charge in [0.05, 0.1) is 11.8 Å². The van der Waals surface area contributed by atoms with Crippen molar-refractivity contribution in [2.24, 2.45) is 11.3 Å². The van der Waals surface area contributed by atoms with Crippen LogP contribution >= 0.6 is 11.6 Å². The Morgan fingerprint density at radius 1 is 1.17 bits per heavy atom. The van der Waals surface area contributed by atoms with Crippen molar-refractivity contribution in [3.63, 3.8) is 0 Å². The average Bonchev–Trinajstić information content (AvgIpc) is 3.13. The summed E-state index contributed by atoms with van der Waals surface area (Å²) < 4.78 is 0. The molecule has 35 heavy (non-hydrogen) atoms. The number of amides is 1. The van der Waals surface area contributed by atoms with Gasteiger partial charge in [0.25, 0.3) is 0 Å². The topological polar surface area (TPSA) is 72.9 Å². The number of carboxylic acid groups (broad SMARTS) is 1. The first kappa shape index (κ1) is 26.2. The van der Waals surface area contributed by atoms with Gasteiger partial charge in [-0.05, 0) is 68.6 Å². The Morgan fingerprint density at radius 3 is 2.60 bits per heavy atom. The molecule has 1 aromatic rings. The first-order chi connectivity index (χ1) is 16.8. The lowest BCUT2D eigenvalue weighted by atomic mass is 9.75. The molecule has 2 atom stereocenters. The molecule has 2 fully saturated rings. The third-order valence-corrected chi connectivity index (χ3v) is 8.72. The van der Waals surface area contributed by atoms with Gasteiger partial charge < -0.3 is 10.4 Å². The van der Waals surface area contributed by atoms with E-state index < -0.39 is 11.4 Å². The van der Waals surface area contributed by atoms with Gasteiger partial charge in [0.1, 0.15) is 0 Å². The molecule has 1 aromatic carbocycles. The van der Waals surface area contributed by atoms with E-state index in [1.165, 1.54) is 25.7 Å². The molecular weight excluding hydrogens is 462 g/mol. The van der Waals surface area contributed by atoms with Gasteiger partial charge in [-0.3, -0.25) is 19.4 Å². The van der Waals surface area contributed by atoms with Crippen LogP contribution in [0.3, 0.4) is 0 Å². The standard InChI is InChI=1S/C28H40ClN3O3/c1-20-7-6-10-25(29)24(20)18-32-16-21(2)28(19-32,15-26(33)34)27(35)30-23-11-13-31(14-12-23)17-22-8-4-3-5-9-22/h6-8,10,21,23H,3-5,9,11-19H2,1-2H3,(H,30,35)(H,33,34)/t21-,28+/m1/s1. The molecule has 0 saturated carbocycles. The Balaban J connectivity index is 1.38. The zero-order valence-corrected chi connectivity index (χ0v) is 21.9. The van der Waals surface area contributed by atoms with Crippen LogP contribution in [-0.2, 0) is 16.1 Å². The summed E-state index contributed by atoms with van der Waals surface area (Å²) in [5.41, 5.74) is 2.80. The molecule has 2 N–H and O–H groups in total. The Kier molecular flexibility index (Phi) is 8.56. The van der Waals surface area contributed by atoms with Crippen molar-refractivity contribution in [2.75, 3.05) is 32.7 Å². The highest BCUT2D eigenvalue weighted by Gasteiger charge is 2.51. The highest BCUT2D eigenvalue weighted by molar-refractivity contribution is 6.31. The van der Waals surface area contributed by atoms with E-state index in [1.54, 1.807) is 5.57 Å². The second-order valence-electron chi connectivity index (χ2n) is 11.0. The zero-order chi connectivity index (χ0) is 25.0.